The molecule has 1 unspecified atom stereocenters. The second kappa shape index (κ2) is 16.1. The number of hydrogen-bond donors (Lipinski definition) is 3. The molecule has 2 saturated heterocycles. The third-order valence-electron chi connectivity index (χ3n) is 12.7. The smallest absolute Gasteiger partial charge is 0.410 e. The molecule has 3 N–H and O–H groups in total. The highest BCUT2D eigenvalue weighted by Gasteiger charge is 2.39. The van der Waals surface area contributed by atoms with E-state index in [-0.39, 0.29) is 30.0 Å². The number of carbonyl (C=O) groups excluding carboxylic acids is 3. The van der Waals surface area contributed by atoms with Crippen LogP contribution in [0.2, 0.25) is 0 Å². The van der Waals surface area contributed by atoms with Crippen molar-refractivity contribution in [2.45, 2.75) is 110 Å². The standard InChI is InChI=1S/C47H52FN9O6S/c1-24(2)39(54-45(59)61-6)43(58)55-16-8-11-33(55)40-50-23-31(52-40)26-19-28(48)38-35-20-27-18-25(30-22-49-41(51-30)34-12-9-17-56(34)46(60)63-47(3,4)5)14-15-32(27)57(35)44(62-36(38)21-26)42-53-29-10-7-13-37(29)64-42/h14-15,18-24,33-34,39,44H,7-13,16-17H2,1-6H3,(H,49,51)(H,50,52)(H,54,59)/t33-,34-,39-,44?/m0/s1. The van der Waals surface area contributed by atoms with Crippen molar-refractivity contribution in [3.05, 3.63) is 81.8 Å². The molecule has 4 atom stereocenters. The van der Waals surface area contributed by atoms with Crippen LogP contribution in [0.4, 0.5) is 14.0 Å². The molecule has 0 saturated carbocycles. The van der Waals surface area contributed by atoms with Crippen molar-refractivity contribution in [3.8, 4) is 39.5 Å². The van der Waals surface area contributed by atoms with Crippen molar-refractivity contribution in [1.29, 1.82) is 0 Å². The number of nitrogens with zero attached hydrogens (tertiary/aromatic N) is 6. The van der Waals surface area contributed by atoms with Gasteiger partial charge in [0.25, 0.3) is 0 Å². The molecule has 6 aromatic rings. The number of fused-ring (bicyclic) bond motifs is 6. The van der Waals surface area contributed by atoms with Gasteiger partial charge in [-0.25, -0.2) is 28.9 Å². The number of methoxy groups -OCH3 is 1. The summed E-state index contributed by atoms with van der Waals surface area (Å²) in [6.07, 6.45) is 7.88. The molecule has 4 aliphatic rings. The van der Waals surface area contributed by atoms with Crippen molar-refractivity contribution < 1.29 is 33.0 Å². The number of halogens is 1. The SMILES string of the molecule is COC(=O)N[C@H](C(=O)N1CCC[C@H]1c1ncc(-c2cc(F)c3c(c2)OC(c2nc4c(s2)CCC4)n2c-3cc3cc(-c4cnc([C@@H]5CCCN5C(=O)OC(C)(C)C)[nH]4)ccc32)[nH]1)C(C)C. The van der Waals surface area contributed by atoms with Crippen LogP contribution in [-0.4, -0.2) is 89.2 Å². The number of imidazole rings is 2. The first-order valence-electron chi connectivity index (χ1n) is 22.1. The number of aryl methyl sites for hydroxylation is 2. The summed E-state index contributed by atoms with van der Waals surface area (Å²) in [4.78, 5) is 65.1. The first-order valence-corrected chi connectivity index (χ1v) is 23.0. The van der Waals surface area contributed by atoms with Crippen molar-refractivity contribution in [3.63, 3.8) is 0 Å². The van der Waals surface area contributed by atoms with Gasteiger partial charge in [0.05, 0.1) is 65.4 Å². The zero-order valence-electron chi connectivity index (χ0n) is 36.8. The Bertz CT molecular complexity index is 2780. The molecule has 2 fully saturated rings. The minimum absolute atomic E-state index is 0.167. The quantitative estimate of drug-likeness (QED) is 0.135. The fourth-order valence-electron chi connectivity index (χ4n) is 9.67. The first-order chi connectivity index (χ1) is 30.7. The summed E-state index contributed by atoms with van der Waals surface area (Å²) in [6, 6.07) is 10.1. The van der Waals surface area contributed by atoms with E-state index < -0.39 is 29.8 Å². The number of thiazole rings is 1. The molecule has 3 aliphatic heterocycles. The summed E-state index contributed by atoms with van der Waals surface area (Å²) in [5, 5.41) is 4.39. The predicted octanol–water partition coefficient (Wildman–Crippen LogP) is 9.23. The van der Waals surface area contributed by atoms with Gasteiger partial charge in [-0.3, -0.25) is 14.3 Å². The van der Waals surface area contributed by atoms with E-state index in [1.807, 2.05) is 63.5 Å². The minimum atomic E-state index is -0.762. The van der Waals surface area contributed by atoms with Crippen LogP contribution >= 0.6 is 11.3 Å². The molecule has 0 radical (unpaired) electrons. The number of H-pyrrole nitrogens is 2. The number of ether oxygens (including phenoxy) is 3. The van der Waals surface area contributed by atoms with Gasteiger partial charge in [-0.1, -0.05) is 19.9 Å². The van der Waals surface area contributed by atoms with Crippen molar-refractivity contribution in [1.82, 2.24) is 44.6 Å². The van der Waals surface area contributed by atoms with Crippen LogP contribution in [0, 0.1) is 11.7 Å². The topological polar surface area (TPSA) is 173 Å². The lowest BCUT2D eigenvalue weighted by Crippen LogP contribution is -2.51. The molecule has 0 bridgehead atoms. The maximum Gasteiger partial charge on any atom is 0.410 e. The number of nitrogens with one attached hydrogen (secondary N) is 3. The normalized spacial score (nSPS) is 19.7. The number of carbonyl (C=O) groups is 3. The van der Waals surface area contributed by atoms with Gasteiger partial charge in [-0.05, 0) is 102 Å². The van der Waals surface area contributed by atoms with Gasteiger partial charge < -0.3 is 34.4 Å². The van der Waals surface area contributed by atoms with Crippen LogP contribution in [-0.2, 0) is 27.1 Å². The van der Waals surface area contributed by atoms with Crippen LogP contribution in [0.3, 0.4) is 0 Å². The molecule has 3 amide bonds. The van der Waals surface area contributed by atoms with Crippen LogP contribution in [0.1, 0.15) is 112 Å². The van der Waals surface area contributed by atoms with Crippen LogP contribution in [0.15, 0.2) is 48.8 Å². The second-order valence-electron chi connectivity index (χ2n) is 18.5. The highest BCUT2D eigenvalue weighted by atomic mass is 32.1. The number of alkyl carbamates (subject to hydrolysis) is 1. The van der Waals surface area contributed by atoms with Gasteiger partial charge in [0, 0.05) is 34.5 Å². The van der Waals surface area contributed by atoms with E-state index in [0.29, 0.717) is 59.4 Å². The number of aromatic amines is 2. The molecule has 7 heterocycles. The number of benzene rings is 2. The van der Waals surface area contributed by atoms with Crippen molar-refractivity contribution in [2.75, 3.05) is 20.2 Å². The van der Waals surface area contributed by atoms with Gasteiger partial charge in [0.2, 0.25) is 12.1 Å². The molecule has 17 heteroatoms. The lowest BCUT2D eigenvalue weighted by molar-refractivity contribution is -0.135. The lowest BCUT2D eigenvalue weighted by Gasteiger charge is -2.30. The zero-order chi connectivity index (χ0) is 44.6. The molecule has 2 aromatic carbocycles. The van der Waals surface area contributed by atoms with Crippen LogP contribution < -0.4 is 10.1 Å². The molecule has 64 heavy (non-hydrogen) atoms. The van der Waals surface area contributed by atoms with Crippen molar-refractivity contribution >= 4 is 40.3 Å². The fraction of sp³-hybridized carbons (Fsp3) is 0.447. The highest BCUT2D eigenvalue weighted by Crippen LogP contribution is 2.48. The summed E-state index contributed by atoms with van der Waals surface area (Å²) in [5.74, 6) is 0.847. The molecular formula is C47H52FN9O6S. The van der Waals surface area contributed by atoms with E-state index >= 15 is 4.39 Å². The van der Waals surface area contributed by atoms with Gasteiger partial charge in [0.15, 0.2) is 5.01 Å². The largest absolute Gasteiger partial charge is 0.462 e. The molecule has 4 aromatic heterocycles. The zero-order valence-corrected chi connectivity index (χ0v) is 37.6. The third-order valence-corrected chi connectivity index (χ3v) is 13.9. The number of rotatable bonds is 8. The molecular weight excluding hydrogens is 838 g/mol. The Morgan fingerprint density at radius 3 is 2.31 bits per heavy atom. The first kappa shape index (κ1) is 41.8. The van der Waals surface area contributed by atoms with Gasteiger partial charge in [-0.2, -0.15) is 0 Å². The molecule has 1 aliphatic carbocycles. The average molecular weight is 890 g/mol. The number of amides is 3. The average Bonchev–Trinajstić information content (AvgIpc) is 4.11. The summed E-state index contributed by atoms with van der Waals surface area (Å²) < 4.78 is 36.2. The van der Waals surface area contributed by atoms with Crippen LogP contribution in [0.25, 0.3) is 44.7 Å². The Hall–Kier alpha value is -6.23. The molecule has 334 valence electrons. The van der Waals surface area contributed by atoms with E-state index in [2.05, 4.69) is 21.4 Å². The maximum atomic E-state index is 16.8. The number of likely N-dealkylation sites (tertiary alicyclic amines) is 2. The van der Waals surface area contributed by atoms with E-state index in [9.17, 15) is 14.4 Å². The monoisotopic (exact) mass is 889 g/mol. The minimum Gasteiger partial charge on any atom is -0.462 e. The fourth-order valence-corrected chi connectivity index (χ4v) is 10.8. The lowest BCUT2D eigenvalue weighted by atomic mass is 10.0. The van der Waals surface area contributed by atoms with E-state index in [4.69, 9.17) is 29.2 Å². The molecule has 0 spiro atoms. The van der Waals surface area contributed by atoms with E-state index in [1.54, 1.807) is 33.5 Å². The van der Waals surface area contributed by atoms with Gasteiger partial charge >= 0.3 is 12.2 Å². The Kier molecular flexibility index (Phi) is 10.5. The summed E-state index contributed by atoms with van der Waals surface area (Å²) >= 11 is 1.65. The Morgan fingerprint density at radius 2 is 1.62 bits per heavy atom. The Balaban J connectivity index is 0.979. The van der Waals surface area contributed by atoms with E-state index in [1.165, 1.54) is 18.1 Å². The van der Waals surface area contributed by atoms with Crippen LogP contribution in [0.5, 0.6) is 5.75 Å². The highest BCUT2D eigenvalue weighted by molar-refractivity contribution is 7.11. The van der Waals surface area contributed by atoms with Gasteiger partial charge in [0.1, 0.15) is 34.9 Å². The molecule has 10 rings (SSSR count). The predicted molar refractivity (Wildman–Crippen MR) is 238 cm³/mol. The van der Waals surface area contributed by atoms with E-state index in [0.717, 1.165) is 71.4 Å². The third kappa shape index (κ3) is 7.46. The van der Waals surface area contributed by atoms with Crippen molar-refractivity contribution in [2.24, 2.45) is 5.92 Å². The number of aromatic nitrogens is 6. The summed E-state index contributed by atoms with van der Waals surface area (Å²) in [5.41, 5.74) is 5.22. The second-order valence-corrected chi connectivity index (χ2v) is 19.6. The Morgan fingerprint density at radius 1 is 0.922 bits per heavy atom. The maximum absolute atomic E-state index is 16.8. The molecule has 15 nitrogen and oxygen atoms in total. The van der Waals surface area contributed by atoms with Gasteiger partial charge in [-0.15, -0.1) is 11.3 Å². The summed E-state index contributed by atoms with van der Waals surface area (Å²) in [7, 11) is 1.27. The number of hydrogen-bond acceptors (Lipinski definition) is 10. The summed E-state index contributed by atoms with van der Waals surface area (Å²) in [6.45, 7) is 10.5. The Labute approximate surface area is 373 Å².